The maximum atomic E-state index is 11.7. The molecule has 0 aromatic carbocycles. The first-order valence-electron chi connectivity index (χ1n) is 5.74. The molecule has 0 aliphatic carbocycles. The van der Waals surface area contributed by atoms with Crippen LogP contribution in [0.25, 0.3) is 0 Å². The third-order valence-corrected chi connectivity index (χ3v) is 2.68. The molecule has 92 valence electrons. The molecule has 1 fully saturated rings. The van der Waals surface area contributed by atoms with Crippen LogP contribution in [0.3, 0.4) is 0 Å². The number of hydrogen-bond donors (Lipinski definition) is 1. The minimum Gasteiger partial charge on any atom is -0.481 e. The molecule has 1 aliphatic rings. The van der Waals surface area contributed by atoms with Crippen LogP contribution in [0.15, 0.2) is 0 Å². The molecule has 5 nitrogen and oxygen atoms in total. The van der Waals surface area contributed by atoms with Crippen LogP contribution in [-0.4, -0.2) is 47.7 Å². The zero-order chi connectivity index (χ0) is 12.0. The number of amides is 1. The Morgan fingerprint density at radius 2 is 2.25 bits per heavy atom. The summed E-state index contributed by atoms with van der Waals surface area (Å²) in [5.41, 5.74) is 0. The second-order valence-corrected chi connectivity index (χ2v) is 4.03. The van der Waals surface area contributed by atoms with Gasteiger partial charge in [-0.05, 0) is 19.3 Å². The number of carbonyl (C=O) groups is 2. The van der Waals surface area contributed by atoms with Crippen molar-refractivity contribution >= 4 is 11.9 Å². The fourth-order valence-corrected chi connectivity index (χ4v) is 1.96. The van der Waals surface area contributed by atoms with Crippen molar-refractivity contribution < 1.29 is 19.4 Å². The van der Waals surface area contributed by atoms with Gasteiger partial charge in [0.05, 0.1) is 6.42 Å². The Balaban J connectivity index is 2.38. The Bertz CT molecular complexity index is 254. The van der Waals surface area contributed by atoms with E-state index in [1.165, 1.54) is 0 Å². The lowest BCUT2D eigenvalue weighted by Gasteiger charge is -2.23. The molecule has 1 atom stereocenters. The van der Waals surface area contributed by atoms with Crippen molar-refractivity contribution in [3.8, 4) is 0 Å². The molecule has 1 saturated heterocycles. The summed E-state index contributed by atoms with van der Waals surface area (Å²) >= 11 is 0. The van der Waals surface area contributed by atoms with Crippen LogP contribution in [0.4, 0.5) is 0 Å². The van der Waals surface area contributed by atoms with Crippen LogP contribution in [-0.2, 0) is 14.3 Å². The Kier molecular flexibility index (Phi) is 5.25. The number of likely N-dealkylation sites (tertiary alicyclic amines) is 1. The maximum absolute atomic E-state index is 11.7. The number of carbonyl (C=O) groups excluding carboxylic acids is 1. The summed E-state index contributed by atoms with van der Waals surface area (Å²) in [6.45, 7) is 3.28. The van der Waals surface area contributed by atoms with E-state index in [0.29, 0.717) is 13.2 Å². The summed E-state index contributed by atoms with van der Waals surface area (Å²) in [5, 5.41) is 8.72. The first-order chi connectivity index (χ1) is 7.65. The lowest BCUT2D eigenvalue weighted by Crippen LogP contribution is -2.39. The summed E-state index contributed by atoms with van der Waals surface area (Å²) in [4.78, 5) is 24.0. The highest BCUT2D eigenvalue weighted by Crippen LogP contribution is 2.20. The molecule has 5 heteroatoms. The highest BCUT2D eigenvalue weighted by atomic mass is 16.5. The number of rotatable bonds is 6. The van der Waals surface area contributed by atoms with E-state index < -0.39 is 5.97 Å². The van der Waals surface area contributed by atoms with Crippen LogP contribution in [0.2, 0.25) is 0 Å². The molecule has 1 N–H and O–H groups in total. The zero-order valence-electron chi connectivity index (χ0n) is 9.65. The molecule has 16 heavy (non-hydrogen) atoms. The van der Waals surface area contributed by atoms with E-state index in [2.05, 4.69) is 0 Å². The van der Waals surface area contributed by atoms with Gasteiger partial charge < -0.3 is 14.7 Å². The van der Waals surface area contributed by atoms with Crippen LogP contribution in [0, 0.1) is 0 Å². The van der Waals surface area contributed by atoms with Gasteiger partial charge in [-0.1, -0.05) is 6.92 Å². The van der Waals surface area contributed by atoms with Crippen molar-refractivity contribution in [2.45, 2.75) is 38.6 Å². The molecule has 0 radical (unpaired) electrons. The second-order valence-electron chi connectivity index (χ2n) is 4.03. The topological polar surface area (TPSA) is 66.8 Å². The monoisotopic (exact) mass is 229 g/mol. The average Bonchev–Trinajstić information content (AvgIpc) is 2.65. The minimum atomic E-state index is -0.848. The van der Waals surface area contributed by atoms with Gasteiger partial charge in [0.1, 0.15) is 6.61 Å². The predicted molar refractivity (Wildman–Crippen MR) is 58.1 cm³/mol. The first kappa shape index (κ1) is 13.0. The fraction of sp³-hybridized carbons (Fsp3) is 0.818. The normalized spacial score (nSPS) is 20.1. The van der Waals surface area contributed by atoms with E-state index >= 15 is 0 Å². The van der Waals surface area contributed by atoms with Crippen molar-refractivity contribution in [2.75, 3.05) is 19.8 Å². The molecule has 0 saturated carbocycles. The molecule has 1 aliphatic heterocycles. The van der Waals surface area contributed by atoms with E-state index in [4.69, 9.17) is 9.84 Å². The molecule has 1 unspecified atom stereocenters. The first-order valence-corrected chi connectivity index (χ1v) is 5.74. The van der Waals surface area contributed by atoms with Crippen LogP contribution in [0.5, 0.6) is 0 Å². The quantitative estimate of drug-likeness (QED) is 0.686. The van der Waals surface area contributed by atoms with Crippen LogP contribution < -0.4 is 0 Å². The smallest absolute Gasteiger partial charge is 0.305 e. The number of ether oxygens (including phenoxy) is 1. The maximum Gasteiger partial charge on any atom is 0.305 e. The van der Waals surface area contributed by atoms with E-state index in [9.17, 15) is 9.59 Å². The van der Waals surface area contributed by atoms with Gasteiger partial charge in [0, 0.05) is 19.2 Å². The lowest BCUT2D eigenvalue weighted by atomic mass is 10.1. The molecule has 1 heterocycles. The lowest BCUT2D eigenvalue weighted by molar-refractivity contribution is -0.141. The van der Waals surface area contributed by atoms with Gasteiger partial charge in [-0.2, -0.15) is 0 Å². The Morgan fingerprint density at radius 1 is 1.50 bits per heavy atom. The summed E-state index contributed by atoms with van der Waals surface area (Å²) in [7, 11) is 0. The molecular weight excluding hydrogens is 210 g/mol. The number of aliphatic carboxylic acids is 1. The van der Waals surface area contributed by atoms with Crippen LogP contribution in [0.1, 0.15) is 32.6 Å². The standard InChI is InChI=1S/C11H19NO4/c1-2-6-16-8-10(13)12-5-3-4-9(12)7-11(14)15/h9H,2-8H2,1H3,(H,14,15). The van der Waals surface area contributed by atoms with Gasteiger partial charge in [0.2, 0.25) is 5.91 Å². The molecule has 0 bridgehead atoms. The fourth-order valence-electron chi connectivity index (χ4n) is 1.96. The highest BCUT2D eigenvalue weighted by molar-refractivity contribution is 5.79. The summed E-state index contributed by atoms with van der Waals surface area (Å²) in [6.07, 6.45) is 2.59. The van der Waals surface area contributed by atoms with Gasteiger partial charge in [0.15, 0.2) is 0 Å². The van der Waals surface area contributed by atoms with Gasteiger partial charge in [-0.3, -0.25) is 9.59 Å². The third-order valence-electron chi connectivity index (χ3n) is 2.68. The predicted octanol–water partition coefficient (Wildman–Crippen LogP) is 0.879. The van der Waals surface area contributed by atoms with Gasteiger partial charge in [-0.25, -0.2) is 0 Å². The number of nitrogens with zero attached hydrogens (tertiary/aromatic N) is 1. The molecule has 0 spiro atoms. The third kappa shape index (κ3) is 3.81. The summed E-state index contributed by atoms with van der Waals surface area (Å²) < 4.78 is 5.17. The Labute approximate surface area is 95.4 Å². The van der Waals surface area contributed by atoms with E-state index in [1.807, 2.05) is 6.92 Å². The summed E-state index contributed by atoms with van der Waals surface area (Å²) in [6, 6.07) is -0.143. The summed E-state index contributed by atoms with van der Waals surface area (Å²) in [5.74, 6) is -0.934. The molecule has 0 aromatic heterocycles. The van der Waals surface area contributed by atoms with Gasteiger partial charge >= 0.3 is 5.97 Å². The number of carboxylic acids is 1. The zero-order valence-corrected chi connectivity index (χ0v) is 9.65. The number of carboxylic acid groups (broad SMARTS) is 1. The van der Waals surface area contributed by atoms with Crippen LogP contribution >= 0.6 is 0 Å². The van der Waals surface area contributed by atoms with Crippen molar-refractivity contribution in [1.29, 1.82) is 0 Å². The van der Waals surface area contributed by atoms with Crippen molar-refractivity contribution in [3.63, 3.8) is 0 Å². The second kappa shape index (κ2) is 6.48. The highest BCUT2D eigenvalue weighted by Gasteiger charge is 2.29. The van der Waals surface area contributed by atoms with E-state index in [0.717, 1.165) is 19.3 Å². The average molecular weight is 229 g/mol. The largest absolute Gasteiger partial charge is 0.481 e. The van der Waals surface area contributed by atoms with E-state index in [1.54, 1.807) is 4.90 Å². The molecule has 1 rings (SSSR count). The minimum absolute atomic E-state index is 0.0412. The SMILES string of the molecule is CCCOCC(=O)N1CCCC1CC(=O)O. The van der Waals surface area contributed by atoms with Crippen molar-refractivity contribution in [1.82, 2.24) is 4.90 Å². The number of hydrogen-bond acceptors (Lipinski definition) is 3. The molecule has 1 amide bonds. The Morgan fingerprint density at radius 3 is 2.88 bits per heavy atom. The van der Waals surface area contributed by atoms with Crippen molar-refractivity contribution in [3.05, 3.63) is 0 Å². The van der Waals surface area contributed by atoms with Gasteiger partial charge in [-0.15, -0.1) is 0 Å². The van der Waals surface area contributed by atoms with Crippen molar-refractivity contribution in [2.24, 2.45) is 0 Å². The molecule has 0 aromatic rings. The van der Waals surface area contributed by atoms with Gasteiger partial charge in [0.25, 0.3) is 0 Å². The Hall–Kier alpha value is -1.10. The van der Waals surface area contributed by atoms with E-state index in [-0.39, 0.29) is 25.0 Å². The molecular formula is C11H19NO4.